The second kappa shape index (κ2) is 13.3. The van der Waals surface area contributed by atoms with Gasteiger partial charge in [-0.05, 0) is 59.5 Å². The molecule has 0 fully saturated rings. The van der Waals surface area contributed by atoms with E-state index >= 15 is 0 Å². The van der Waals surface area contributed by atoms with E-state index in [2.05, 4.69) is 5.32 Å². The zero-order valence-corrected chi connectivity index (χ0v) is 22.6. The van der Waals surface area contributed by atoms with Crippen molar-refractivity contribution in [2.24, 2.45) is 0 Å². The van der Waals surface area contributed by atoms with E-state index in [-0.39, 0.29) is 18.8 Å². The molecule has 0 aliphatic carbocycles. The molecule has 0 heterocycles. The number of halogens is 4. The summed E-state index contributed by atoms with van der Waals surface area (Å²) in [6.07, 6.45) is 0.419. The SMILES string of the molecule is COc1ccc(CN(CCc2ccc(Cl)cc2Cl)C(=O)Nc2ccc(F)cc2F)cc1OCc1ccccc1. The third-order valence-corrected chi connectivity index (χ3v) is 6.55. The molecule has 0 unspecified atom stereocenters. The molecule has 5 nitrogen and oxygen atoms in total. The van der Waals surface area contributed by atoms with Crippen LogP contribution < -0.4 is 14.8 Å². The third-order valence-electron chi connectivity index (χ3n) is 5.96. The van der Waals surface area contributed by atoms with Crippen molar-refractivity contribution in [2.75, 3.05) is 19.0 Å². The minimum Gasteiger partial charge on any atom is -0.493 e. The van der Waals surface area contributed by atoms with Crippen LogP contribution in [0.3, 0.4) is 0 Å². The van der Waals surface area contributed by atoms with E-state index in [1.165, 1.54) is 11.0 Å². The lowest BCUT2D eigenvalue weighted by Gasteiger charge is -2.24. The molecular formula is C30H26Cl2F2N2O3. The van der Waals surface area contributed by atoms with Crippen molar-refractivity contribution in [3.05, 3.63) is 123 Å². The summed E-state index contributed by atoms with van der Waals surface area (Å²) in [6, 6.07) is 22.7. The van der Waals surface area contributed by atoms with Crippen LogP contribution in [-0.4, -0.2) is 24.6 Å². The number of urea groups is 1. The summed E-state index contributed by atoms with van der Waals surface area (Å²) in [4.78, 5) is 14.8. The fourth-order valence-electron chi connectivity index (χ4n) is 3.91. The highest BCUT2D eigenvalue weighted by atomic mass is 35.5. The number of benzene rings is 4. The first-order chi connectivity index (χ1) is 18.8. The van der Waals surface area contributed by atoms with Gasteiger partial charge in [-0.1, -0.05) is 65.7 Å². The van der Waals surface area contributed by atoms with E-state index in [9.17, 15) is 13.6 Å². The Morgan fingerprint density at radius 1 is 0.897 bits per heavy atom. The number of carbonyl (C=O) groups excluding carboxylic acids is 1. The van der Waals surface area contributed by atoms with Crippen molar-refractivity contribution < 1.29 is 23.0 Å². The van der Waals surface area contributed by atoms with Gasteiger partial charge < -0.3 is 19.7 Å². The zero-order chi connectivity index (χ0) is 27.8. The van der Waals surface area contributed by atoms with E-state index in [4.69, 9.17) is 32.7 Å². The molecule has 0 spiro atoms. The van der Waals surface area contributed by atoms with Gasteiger partial charge in [-0.15, -0.1) is 0 Å². The number of hydrogen-bond donors (Lipinski definition) is 1. The normalized spacial score (nSPS) is 10.7. The smallest absolute Gasteiger partial charge is 0.322 e. The molecule has 0 saturated carbocycles. The maximum atomic E-state index is 14.3. The summed E-state index contributed by atoms with van der Waals surface area (Å²) in [5.74, 6) is -0.539. The van der Waals surface area contributed by atoms with Crippen LogP contribution in [0.1, 0.15) is 16.7 Å². The average Bonchev–Trinajstić information content (AvgIpc) is 2.92. The van der Waals surface area contributed by atoms with Crippen LogP contribution in [0.25, 0.3) is 0 Å². The highest BCUT2D eigenvalue weighted by Gasteiger charge is 2.18. The van der Waals surface area contributed by atoms with E-state index in [0.29, 0.717) is 40.6 Å². The van der Waals surface area contributed by atoms with Crippen molar-refractivity contribution in [3.8, 4) is 11.5 Å². The number of methoxy groups -OCH3 is 1. The second-order valence-corrected chi connectivity index (χ2v) is 9.56. The number of rotatable bonds is 10. The molecule has 4 aromatic rings. The van der Waals surface area contributed by atoms with Crippen LogP contribution in [0.5, 0.6) is 11.5 Å². The Bertz CT molecular complexity index is 1440. The molecule has 4 aromatic carbocycles. The van der Waals surface area contributed by atoms with Gasteiger partial charge in [0, 0.05) is 29.2 Å². The molecule has 1 N–H and O–H groups in total. The van der Waals surface area contributed by atoms with Gasteiger partial charge in [0.2, 0.25) is 0 Å². The van der Waals surface area contributed by atoms with Gasteiger partial charge >= 0.3 is 6.03 Å². The summed E-state index contributed by atoms with van der Waals surface area (Å²) in [7, 11) is 1.55. The number of amides is 2. The van der Waals surface area contributed by atoms with Crippen LogP contribution in [-0.2, 0) is 19.6 Å². The van der Waals surface area contributed by atoms with Crippen LogP contribution >= 0.6 is 23.2 Å². The van der Waals surface area contributed by atoms with Gasteiger partial charge in [-0.25, -0.2) is 13.6 Å². The molecule has 0 aliphatic rings. The molecule has 0 bridgehead atoms. The van der Waals surface area contributed by atoms with E-state index in [1.54, 1.807) is 37.4 Å². The number of carbonyl (C=O) groups is 1. The van der Waals surface area contributed by atoms with Crippen LogP contribution in [0.2, 0.25) is 10.0 Å². The maximum Gasteiger partial charge on any atom is 0.322 e. The lowest BCUT2D eigenvalue weighted by Crippen LogP contribution is -2.36. The lowest BCUT2D eigenvalue weighted by molar-refractivity contribution is 0.209. The largest absolute Gasteiger partial charge is 0.493 e. The number of nitrogens with one attached hydrogen (secondary N) is 1. The number of nitrogens with zero attached hydrogens (tertiary/aromatic N) is 1. The molecule has 4 rings (SSSR count). The number of anilines is 1. The highest BCUT2D eigenvalue weighted by molar-refractivity contribution is 6.35. The van der Waals surface area contributed by atoms with Crippen LogP contribution in [0.4, 0.5) is 19.3 Å². The minimum absolute atomic E-state index is 0.127. The van der Waals surface area contributed by atoms with Crippen molar-refractivity contribution in [3.63, 3.8) is 0 Å². The van der Waals surface area contributed by atoms with Gasteiger partial charge in [-0.2, -0.15) is 0 Å². The Balaban J connectivity index is 1.55. The Hall–Kier alpha value is -3.81. The Kier molecular flexibility index (Phi) is 9.63. The fraction of sp³-hybridized carbons (Fsp3) is 0.167. The highest BCUT2D eigenvalue weighted by Crippen LogP contribution is 2.30. The molecule has 0 aliphatic heterocycles. The van der Waals surface area contributed by atoms with Crippen LogP contribution in [0, 0.1) is 11.6 Å². The van der Waals surface area contributed by atoms with Crippen LogP contribution in [0.15, 0.2) is 84.9 Å². The molecule has 0 saturated heterocycles. The lowest BCUT2D eigenvalue weighted by atomic mass is 10.1. The molecule has 0 atom stereocenters. The van der Waals surface area contributed by atoms with Gasteiger partial charge in [0.25, 0.3) is 0 Å². The first-order valence-electron chi connectivity index (χ1n) is 12.1. The summed E-state index contributed by atoms with van der Waals surface area (Å²) in [5.41, 5.74) is 2.42. The number of ether oxygens (including phenoxy) is 2. The predicted molar refractivity (Wildman–Crippen MR) is 150 cm³/mol. The maximum absolute atomic E-state index is 14.3. The summed E-state index contributed by atoms with van der Waals surface area (Å²) in [6.45, 7) is 0.761. The van der Waals surface area contributed by atoms with Crippen molar-refractivity contribution >= 4 is 34.9 Å². The molecule has 0 radical (unpaired) electrons. The fourth-order valence-corrected chi connectivity index (χ4v) is 4.41. The van der Waals surface area contributed by atoms with Crippen molar-refractivity contribution in [1.82, 2.24) is 4.90 Å². The van der Waals surface area contributed by atoms with E-state index < -0.39 is 17.7 Å². The summed E-state index contributed by atoms with van der Waals surface area (Å²) >= 11 is 12.4. The summed E-state index contributed by atoms with van der Waals surface area (Å²) < 4.78 is 39.1. The van der Waals surface area contributed by atoms with Crippen molar-refractivity contribution in [2.45, 2.75) is 19.6 Å². The van der Waals surface area contributed by atoms with E-state index in [0.717, 1.165) is 22.8 Å². The predicted octanol–water partition coefficient (Wildman–Crippen LogP) is 8.14. The Morgan fingerprint density at radius 2 is 1.69 bits per heavy atom. The van der Waals surface area contributed by atoms with E-state index in [1.807, 2.05) is 36.4 Å². The minimum atomic E-state index is -0.870. The zero-order valence-electron chi connectivity index (χ0n) is 21.1. The average molecular weight is 571 g/mol. The topological polar surface area (TPSA) is 50.8 Å². The standard InChI is InChI=1S/C30H26Cl2F2N2O3/c1-38-28-12-7-21(15-29(28)39-19-20-5-3-2-4-6-20)18-36(14-13-22-8-9-23(31)16-25(22)32)30(37)35-27-11-10-24(33)17-26(27)34/h2-12,15-17H,13-14,18-19H2,1H3,(H,35,37). The monoisotopic (exact) mass is 570 g/mol. The first kappa shape index (κ1) is 28.2. The Morgan fingerprint density at radius 3 is 2.41 bits per heavy atom. The molecular weight excluding hydrogens is 545 g/mol. The second-order valence-electron chi connectivity index (χ2n) is 8.72. The van der Waals surface area contributed by atoms with Gasteiger partial charge in [-0.3, -0.25) is 0 Å². The first-order valence-corrected chi connectivity index (χ1v) is 12.9. The van der Waals surface area contributed by atoms with Gasteiger partial charge in [0.15, 0.2) is 11.5 Å². The quantitative estimate of drug-likeness (QED) is 0.209. The molecule has 9 heteroatoms. The molecule has 39 heavy (non-hydrogen) atoms. The third kappa shape index (κ3) is 7.85. The number of hydrogen-bond acceptors (Lipinski definition) is 3. The molecule has 0 aromatic heterocycles. The van der Waals surface area contributed by atoms with Crippen molar-refractivity contribution in [1.29, 1.82) is 0 Å². The van der Waals surface area contributed by atoms with Gasteiger partial charge in [0.1, 0.15) is 18.2 Å². The molecule has 2 amide bonds. The van der Waals surface area contributed by atoms with Gasteiger partial charge in [0.05, 0.1) is 12.8 Å². The summed E-state index contributed by atoms with van der Waals surface area (Å²) in [5, 5.41) is 3.52. The molecule has 202 valence electrons. The Labute approximate surface area is 235 Å².